The van der Waals surface area contributed by atoms with Crippen molar-refractivity contribution in [1.82, 2.24) is 14.5 Å². The second-order valence-electron chi connectivity index (χ2n) is 10.2. The molecule has 0 radical (unpaired) electrons. The van der Waals surface area contributed by atoms with Gasteiger partial charge in [-0.3, -0.25) is 14.2 Å². The van der Waals surface area contributed by atoms with E-state index in [9.17, 15) is 14.0 Å². The minimum Gasteiger partial charge on any atom is -0.448 e. The molecule has 0 aliphatic carbocycles. The van der Waals surface area contributed by atoms with Crippen molar-refractivity contribution >= 4 is 55.2 Å². The lowest BCUT2D eigenvalue weighted by Gasteiger charge is -2.35. The van der Waals surface area contributed by atoms with Crippen LogP contribution in [0.2, 0.25) is 0 Å². The SMILES string of the molecule is Cc1ccc(C(=O)N(CCCN)C(c2nc3c(oc4ccc(F)cc43)c(=O)n2Cc2ccc(Br)s2)C(C)C)cc1. The number of furan rings is 1. The molecule has 0 fully saturated rings. The fourth-order valence-corrected chi connectivity index (χ4v) is 6.45. The number of fused-ring (bicyclic) bond motifs is 3. The number of amides is 1. The normalized spacial score (nSPS) is 12.5. The van der Waals surface area contributed by atoms with Crippen LogP contribution in [0, 0.1) is 18.7 Å². The lowest BCUT2D eigenvalue weighted by molar-refractivity contribution is 0.0602. The molecule has 2 N–H and O–H groups in total. The third-order valence-electron chi connectivity index (χ3n) is 6.90. The Morgan fingerprint density at radius 2 is 1.93 bits per heavy atom. The summed E-state index contributed by atoms with van der Waals surface area (Å²) in [5, 5.41) is 0.417. The standard InChI is InChI=1S/C30H30BrFN4O3S/c1-17(2)26(35(14-4-13-33)29(37)19-7-5-18(3)6-8-19)28-34-25-22-15-20(32)9-11-23(22)39-27(25)30(38)36(28)16-21-10-12-24(31)40-21/h5-12,15,17,26H,4,13-14,16,33H2,1-3H3. The molecule has 0 bridgehead atoms. The van der Waals surface area contributed by atoms with Crippen molar-refractivity contribution in [3.05, 3.63) is 96.4 Å². The summed E-state index contributed by atoms with van der Waals surface area (Å²) in [6.45, 7) is 6.99. The highest BCUT2D eigenvalue weighted by atomic mass is 79.9. The average Bonchev–Trinajstić information content (AvgIpc) is 3.50. The smallest absolute Gasteiger partial charge is 0.297 e. The summed E-state index contributed by atoms with van der Waals surface area (Å²) in [6, 6.07) is 14.8. The summed E-state index contributed by atoms with van der Waals surface area (Å²) in [6.07, 6.45) is 0.574. The third kappa shape index (κ3) is 5.48. The molecule has 0 aliphatic rings. The highest BCUT2D eigenvalue weighted by Crippen LogP contribution is 2.33. The molecule has 0 spiro atoms. The van der Waals surface area contributed by atoms with E-state index < -0.39 is 11.9 Å². The number of benzene rings is 2. The average molecular weight is 626 g/mol. The van der Waals surface area contributed by atoms with Crippen molar-refractivity contribution in [2.75, 3.05) is 13.1 Å². The van der Waals surface area contributed by atoms with Gasteiger partial charge in [-0.15, -0.1) is 11.3 Å². The molecular formula is C30H30BrFN4O3S. The van der Waals surface area contributed by atoms with E-state index in [1.807, 2.05) is 57.2 Å². The number of aromatic nitrogens is 2. The molecule has 208 valence electrons. The molecule has 3 aromatic heterocycles. The zero-order chi connectivity index (χ0) is 28.6. The van der Waals surface area contributed by atoms with E-state index in [1.54, 1.807) is 9.47 Å². The third-order valence-corrected chi connectivity index (χ3v) is 8.51. The van der Waals surface area contributed by atoms with Gasteiger partial charge < -0.3 is 15.1 Å². The molecule has 1 atom stereocenters. The molecule has 7 nitrogen and oxygen atoms in total. The van der Waals surface area contributed by atoms with Gasteiger partial charge in [0.2, 0.25) is 5.58 Å². The Kier molecular flexibility index (Phi) is 8.21. The van der Waals surface area contributed by atoms with Crippen LogP contribution in [-0.4, -0.2) is 33.4 Å². The number of hydrogen-bond donors (Lipinski definition) is 1. The molecule has 40 heavy (non-hydrogen) atoms. The number of thiophene rings is 1. The molecule has 1 amide bonds. The topological polar surface area (TPSA) is 94.4 Å². The van der Waals surface area contributed by atoms with Crippen LogP contribution in [0.3, 0.4) is 0 Å². The van der Waals surface area contributed by atoms with Crippen molar-refractivity contribution in [2.24, 2.45) is 11.7 Å². The first-order chi connectivity index (χ1) is 19.2. The van der Waals surface area contributed by atoms with Crippen molar-refractivity contribution in [1.29, 1.82) is 0 Å². The largest absolute Gasteiger partial charge is 0.448 e. The number of nitrogens with two attached hydrogens (primary N) is 1. The van der Waals surface area contributed by atoms with Gasteiger partial charge in [-0.05, 0) is 84.2 Å². The predicted molar refractivity (Wildman–Crippen MR) is 160 cm³/mol. The highest BCUT2D eigenvalue weighted by Gasteiger charge is 2.33. The van der Waals surface area contributed by atoms with Crippen LogP contribution >= 0.6 is 27.3 Å². The Morgan fingerprint density at radius 3 is 2.58 bits per heavy atom. The van der Waals surface area contributed by atoms with Gasteiger partial charge in [-0.25, -0.2) is 9.37 Å². The maximum Gasteiger partial charge on any atom is 0.297 e. The molecule has 0 saturated heterocycles. The Bertz CT molecular complexity index is 1740. The summed E-state index contributed by atoms with van der Waals surface area (Å²) >= 11 is 5.01. The number of rotatable bonds is 9. The van der Waals surface area contributed by atoms with E-state index in [0.29, 0.717) is 41.9 Å². The minimum atomic E-state index is -0.570. The molecule has 0 aliphatic heterocycles. The van der Waals surface area contributed by atoms with Gasteiger partial charge in [0.1, 0.15) is 22.7 Å². The number of halogens is 2. The minimum absolute atomic E-state index is 0.0563. The molecule has 0 saturated carbocycles. The van der Waals surface area contributed by atoms with Crippen LogP contribution in [0.15, 0.2) is 67.6 Å². The summed E-state index contributed by atoms with van der Waals surface area (Å²) in [5.74, 6) is -0.324. The fraction of sp³-hybridized carbons (Fsp3) is 0.300. The summed E-state index contributed by atoms with van der Waals surface area (Å²) < 4.78 is 22.7. The lowest BCUT2D eigenvalue weighted by atomic mass is 9.99. The van der Waals surface area contributed by atoms with E-state index in [-0.39, 0.29) is 35.0 Å². The molecule has 10 heteroatoms. The fourth-order valence-electron chi connectivity index (χ4n) is 4.97. The quantitative estimate of drug-likeness (QED) is 0.198. The summed E-state index contributed by atoms with van der Waals surface area (Å²) in [5.41, 5.74) is 7.81. The van der Waals surface area contributed by atoms with E-state index in [1.165, 1.54) is 29.5 Å². The number of aryl methyl sites for hydroxylation is 1. The van der Waals surface area contributed by atoms with Crippen LogP contribution in [0.1, 0.15) is 52.9 Å². The zero-order valence-corrected chi connectivity index (χ0v) is 24.9. The van der Waals surface area contributed by atoms with Gasteiger partial charge in [-0.1, -0.05) is 31.5 Å². The maximum absolute atomic E-state index is 14.3. The van der Waals surface area contributed by atoms with E-state index in [4.69, 9.17) is 15.1 Å². The van der Waals surface area contributed by atoms with Crippen LogP contribution in [0.4, 0.5) is 4.39 Å². The molecule has 1 unspecified atom stereocenters. The maximum atomic E-state index is 14.3. The molecular weight excluding hydrogens is 595 g/mol. The Balaban J connectivity index is 1.76. The van der Waals surface area contributed by atoms with Gasteiger partial charge in [-0.2, -0.15) is 0 Å². The van der Waals surface area contributed by atoms with Gasteiger partial charge in [0, 0.05) is 22.4 Å². The predicted octanol–water partition coefficient (Wildman–Crippen LogP) is 6.65. The Morgan fingerprint density at radius 1 is 1.18 bits per heavy atom. The Hall–Kier alpha value is -3.34. The number of hydrogen-bond acceptors (Lipinski definition) is 6. The first-order valence-corrected chi connectivity index (χ1v) is 14.7. The number of nitrogens with zero attached hydrogens (tertiary/aromatic N) is 3. The van der Waals surface area contributed by atoms with Gasteiger partial charge in [0.05, 0.1) is 16.4 Å². The summed E-state index contributed by atoms with van der Waals surface area (Å²) in [7, 11) is 0. The van der Waals surface area contributed by atoms with Crippen molar-refractivity contribution < 1.29 is 13.6 Å². The molecule has 3 heterocycles. The number of carbonyl (C=O) groups is 1. The lowest BCUT2D eigenvalue weighted by Crippen LogP contribution is -2.42. The van der Waals surface area contributed by atoms with Crippen molar-refractivity contribution in [3.63, 3.8) is 0 Å². The van der Waals surface area contributed by atoms with Crippen molar-refractivity contribution in [3.8, 4) is 0 Å². The first-order valence-electron chi connectivity index (χ1n) is 13.1. The van der Waals surface area contributed by atoms with Gasteiger partial charge >= 0.3 is 0 Å². The highest BCUT2D eigenvalue weighted by molar-refractivity contribution is 9.11. The van der Waals surface area contributed by atoms with E-state index in [0.717, 1.165) is 14.2 Å². The van der Waals surface area contributed by atoms with Gasteiger partial charge in [0.15, 0.2) is 0 Å². The van der Waals surface area contributed by atoms with Crippen LogP contribution in [-0.2, 0) is 6.54 Å². The summed E-state index contributed by atoms with van der Waals surface area (Å²) in [4.78, 5) is 35.7. The van der Waals surface area contributed by atoms with Crippen LogP contribution < -0.4 is 11.3 Å². The first kappa shape index (κ1) is 28.2. The molecule has 5 aromatic rings. The molecule has 5 rings (SSSR count). The van der Waals surface area contributed by atoms with Gasteiger partial charge in [0.25, 0.3) is 11.5 Å². The second-order valence-corrected chi connectivity index (χ2v) is 12.7. The monoisotopic (exact) mass is 624 g/mol. The second kappa shape index (κ2) is 11.6. The Labute approximate surface area is 243 Å². The van der Waals surface area contributed by atoms with Crippen molar-refractivity contribution in [2.45, 2.75) is 39.8 Å². The van der Waals surface area contributed by atoms with Crippen LogP contribution in [0.25, 0.3) is 22.1 Å². The van der Waals surface area contributed by atoms with E-state index >= 15 is 0 Å². The van der Waals surface area contributed by atoms with E-state index in [2.05, 4.69) is 15.9 Å². The zero-order valence-electron chi connectivity index (χ0n) is 22.5. The van der Waals surface area contributed by atoms with Crippen LogP contribution in [0.5, 0.6) is 0 Å². The molecule has 2 aromatic carbocycles. The number of carbonyl (C=O) groups excluding carboxylic acids is 1.